The van der Waals surface area contributed by atoms with Gasteiger partial charge in [-0.3, -0.25) is 0 Å². The van der Waals surface area contributed by atoms with Crippen LogP contribution in [0.25, 0.3) is 0 Å². The Kier molecular flexibility index (Phi) is 3.90. The first-order valence-electron chi connectivity index (χ1n) is 6.81. The van der Waals surface area contributed by atoms with Crippen molar-refractivity contribution in [2.24, 2.45) is 0 Å². The van der Waals surface area contributed by atoms with E-state index in [0.29, 0.717) is 11.4 Å². The van der Waals surface area contributed by atoms with Crippen molar-refractivity contribution in [2.75, 3.05) is 6.54 Å². The second-order valence-corrected chi connectivity index (χ2v) is 8.01. The molecule has 2 aromatic rings. The fourth-order valence-corrected chi connectivity index (χ4v) is 4.56. The Labute approximate surface area is 133 Å². The topological polar surface area (TPSA) is 46.2 Å². The predicted octanol–water partition coefficient (Wildman–Crippen LogP) is 3.38. The Morgan fingerprint density at radius 1 is 1.24 bits per heavy atom. The number of halogens is 1. The summed E-state index contributed by atoms with van der Waals surface area (Å²) < 4.78 is 28.4. The van der Waals surface area contributed by atoms with Crippen LogP contribution in [0.4, 0.5) is 0 Å². The quantitative estimate of drug-likeness (QED) is 0.902. The summed E-state index contributed by atoms with van der Waals surface area (Å²) in [5.41, 5.74) is 3.33. The fraction of sp³-hybridized carbons (Fsp3) is 0.250. The summed E-state index contributed by atoms with van der Waals surface area (Å²) in [6.07, 6.45) is 0.941. The molecule has 0 spiro atoms. The molecule has 0 saturated heterocycles. The molecule has 1 aliphatic rings. The SMILES string of the molecule is Cc1ccc(Br)cc1S(=O)(=O)NCC1Cc2ccccc21. The van der Waals surface area contributed by atoms with Gasteiger partial charge in [-0.1, -0.05) is 46.3 Å². The lowest BCUT2D eigenvalue weighted by molar-refractivity contribution is 0.551. The summed E-state index contributed by atoms with van der Waals surface area (Å²) >= 11 is 3.32. The zero-order valence-electron chi connectivity index (χ0n) is 11.6. The van der Waals surface area contributed by atoms with E-state index in [-0.39, 0.29) is 5.92 Å². The molecule has 0 aliphatic heterocycles. The molecular formula is C16H16BrNO2S. The molecule has 0 amide bonds. The minimum absolute atomic E-state index is 0.281. The largest absolute Gasteiger partial charge is 0.240 e. The number of nitrogens with one attached hydrogen (secondary N) is 1. The van der Waals surface area contributed by atoms with E-state index in [0.717, 1.165) is 16.5 Å². The number of benzene rings is 2. The van der Waals surface area contributed by atoms with Gasteiger partial charge in [-0.05, 0) is 42.2 Å². The summed E-state index contributed by atoms with van der Waals surface area (Å²) in [4.78, 5) is 0.337. The summed E-state index contributed by atoms with van der Waals surface area (Å²) in [6, 6.07) is 13.5. The van der Waals surface area contributed by atoms with Crippen LogP contribution in [-0.2, 0) is 16.4 Å². The van der Waals surface area contributed by atoms with Gasteiger partial charge < -0.3 is 0 Å². The molecule has 110 valence electrons. The highest BCUT2D eigenvalue weighted by atomic mass is 79.9. The molecule has 0 saturated carbocycles. The van der Waals surface area contributed by atoms with Crippen molar-refractivity contribution in [3.8, 4) is 0 Å². The van der Waals surface area contributed by atoms with Gasteiger partial charge in [0.05, 0.1) is 4.90 Å². The van der Waals surface area contributed by atoms with Crippen LogP contribution in [0.15, 0.2) is 51.8 Å². The maximum Gasteiger partial charge on any atom is 0.240 e. The molecule has 5 heteroatoms. The number of sulfonamides is 1. The molecule has 1 atom stereocenters. The van der Waals surface area contributed by atoms with Gasteiger partial charge in [0.15, 0.2) is 0 Å². The van der Waals surface area contributed by atoms with E-state index in [1.165, 1.54) is 11.1 Å². The average Bonchev–Trinajstić information content (AvgIpc) is 2.42. The second kappa shape index (κ2) is 5.55. The highest BCUT2D eigenvalue weighted by Gasteiger charge is 2.27. The lowest BCUT2D eigenvalue weighted by Crippen LogP contribution is -2.33. The first kappa shape index (κ1) is 14.8. The second-order valence-electron chi connectivity index (χ2n) is 5.36. The molecule has 1 N–H and O–H groups in total. The Bertz CT molecular complexity index is 787. The number of fused-ring (bicyclic) bond motifs is 1. The summed E-state index contributed by atoms with van der Waals surface area (Å²) in [5.74, 6) is 0.281. The van der Waals surface area contributed by atoms with Gasteiger partial charge in [-0.15, -0.1) is 0 Å². The average molecular weight is 366 g/mol. The lowest BCUT2D eigenvalue weighted by Gasteiger charge is -2.30. The fourth-order valence-electron chi connectivity index (χ4n) is 2.70. The lowest BCUT2D eigenvalue weighted by atomic mass is 9.78. The zero-order valence-corrected chi connectivity index (χ0v) is 14.0. The van der Waals surface area contributed by atoms with Crippen LogP contribution in [0.5, 0.6) is 0 Å². The zero-order chi connectivity index (χ0) is 15.0. The smallest absolute Gasteiger partial charge is 0.211 e. The minimum Gasteiger partial charge on any atom is -0.211 e. The molecule has 0 aromatic heterocycles. The van der Waals surface area contributed by atoms with Crippen molar-refractivity contribution in [2.45, 2.75) is 24.2 Å². The summed E-state index contributed by atoms with van der Waals surface area (Å²) in [5, 5.41) is 0. The van der Waals surface area contributed by atoms with Gasteiger partial charge in [0.25, 0.3) is 0 Å². The Balaban J connectivity index is 1.75. The van der Waals surface area contributed by atoms with Gasteiger partial charge in [-0.25, -0.2) is 13.1 Å². The van der Waals surface area contributed by atoms with E-state index in [9.17, 15) is 8.42 Å². The monoisotopic (exact) mass is 365 g/mol. The highest BCUT2D eigenvalue weighted by Crippen LogP contribution is 2.34. The summed E-state index contributed by atoms with van der Waals surface area (Å²) in [6.45, 7) is 2.25. The van der Waals surface area contributed by atoms with Gasteiger partial charge in [-0.2, -0.15) is 0 Å². The number of hydrogen-bond acceptors (Lipinski definition) is 2. The Morgan fingerprint density at radius 3 is 2.76 bits per heavy atom. The minimum atomic E-state index is -3.47. The van der Waals surface area contributed by atoms with Crippen LogP contribution in [-0.4, -0.2) is 15.0 Å². The van der Waals surface area contributed by atoms with E-state index < -0.39 is 10.0 Å². The maximum atomic E-state index is 12.4. The maximum absolute atomic E-state index is 12.4. The number of rotatable bonds is 4. The number of hydrogen-bond donors (Lipinski definition) is 1. The molecule has 0 bridgehead atoms. The molecular weight excluding hydrogens is 350 g/mol. The highest BCUT2D eigenvalue weighted by molar-refractivity contribution is 9.10. The molecule has 21 heavy (non-hydrogen) atoms. The van der Waals surface area contributed by atoms with Gasteiger partial charge in [0, 0.05) is 16.9 Å². The van der Waals surface area contributed by atoms with E-state index in [1.54, 1.807) is 19.1 Å². The van der Waals surface area contributed by atoms with E-state index in [4.69, 9.17) is 0 Å². The molecule has 1 aliphatic carbocycles. The molecule has 0 fully saturated rings. The van der Waals surface area contributed by atoms with Crippen LogP contribution in [0.1, 0.15) is 22.6 Å². The van der Waals surface area contributed by atoms with E-state index in [2.05, 4.69) is 32.8 Å². The third kappa shape index (κ3) is 2.91. The molecule has 0 heterocycles. The van der Waals surface area contributed by atoms with Crippen molar-refractivity contribution >= 4 is 26.0 Å². The van der Waals surface area contributed by atoms with Crippen molar-refractivity contribution < 1.29 is 8.42 Å². The van der Waals surface area contributed by atoms with E-state index in [1.807, 2.05) is 18.2 Å². The Hall–Kier alpha value is -1.17. The van der Waals surface area contributed by atoms with Crippen LogP contribution >= 0.6 is 15.9 Å². The standard InChI is InChI=1S/C16H16BrNO2S/c1-11-6-7-14(17)9-16(11)21(19,20)18-10-13-8-12-4-2-3-5-15(12)13/h2-7,9,13,18H,8,10H2,1H3. The summed E-state index contributed by atoms with van der Waals surface area (Å²) in [7, 11) is -3.47. The molecule has 3 rings (SSSR count). The van der Waals surface area contributed by atoms with Gasteiger partial charge in [0.2, 0.25) is 10.0 Å². The van der Waals surface area contributed by atoms with Crippen molar-refractivity contribution in [3.63, 3.8) is 0 Å². The number of aryl methyl sites for hydroxylation is 1. The first-order valence-corrected chi connectivity index (χ1v) is 9.08. The third-order valence-corrected chi connectivity index (χ3v) is 5.98. The first-order chi connectivity index (χ1) is 9.97. The van der Waals surface area contributed by atoms with Crippen LogP contribution in [0, 0.1) is 6.92 Å². The van der Waals surface area contributed by atoms with Crippen molar-refractivity contribution in [1.29, 1.82) is 0 Å². The van der Waals surface area contributed by atoms with Crippen LogP contribution < -0.4 is 4.72 Å². The van der Waals surface area contributed by atoms with Crippen molar-refractivity contribution in [3.05, 3.63) is 63.6 Å². The molecule has 2 aromatic carbocycles. The van der Waals surface area contributed by atoms with Gasteiger partial charge >= 0.3 is 0 Å². The Morgan fingerprint density at radius 2 is 2.00 bits per heavy atom. The molecule has 3 nitrogen and oxygen atoms in total. The van der Waals surface area contributed by atoms with E-state index >= 15 is 0 Å². The van der Waals surface area contributed by atoms with Crippen LogP contribution in [0.2, 0.25) is 0 Å². The van der Waals surface area contributed by atoms with Gasteiger partial charge in [0.1, 0.15) is 0 Å². The predicted molar refractivity (Wildman–Crippen MR) is 87.0 cm³/mol. The normalized spacial score (nSPS) is 17.1. The molecule has 1 unspecified atom stereocenters. The van der Waals surface area contributed by atoms with Crippen molar-refractivity contribution in [1.82, 2.24) is 4.72 Å². The third-order valence-electron chi connectivity index (χ3n) is 3.92. The van der Waals surface area contributed by atoms with Crippen LogP contribution in [0.3, 0.4) is 0 Å². The molecule has 0 radical (unpaired) electrons.